The van der Waals surface area contributed by atoms with Gasteiger partial charge in [-0.2, -0.15) is 0 Å². The van der Waals surface area contributed by atoms with Gasteiger partial charge in [-0.25, -0.2) is 0 Å². The van der Waals surface area contributed by atoms with Crippen LogP contribution in [0, 0.1) is 0 Å². The van der Waals surface area contributed by atoms with Crippen molar-refractivity contribution in [2.75, 3.05) is 12.8 Å². The molecule has 0 spiro atoms. The molecule has 0 atom stereocenters. The highest BCUT2D eigenvalue weighted by Gasteiger charge is 2.09. The van der Waals surface area contributed by atoms with Crippen LogP contribution >= 0.6 is 11.3 Å². The van der Waals surface area contributed by atoms with Gasteiger partial charge in [0.25, 0.3) is 5.91 Å². The average molecular weight is 290 g/mol. The number of amides is 1. The van der Waals surface area contributed by atoms with Gasteiger partial charge in [-0.15, -0.1) is 11.3 Å². The Hall–Kier alpha value is -2.01. The number of hydrogen-bond donors (Lipinski definition) is 2. The third-order valence-electron chi connectivity index (χ3n) is 3.12. The number of nitrogen functional groups attached to an aromatic ring is 1. The van der Waals surface area contributed by atoms with Crippen molar-refractivity contribution >= 4 is 22.9 Å². The summed E-state index contributed by atoms with van der Waals surface area (Å²) in [7, 11) is 1.55. The molecule has 0 radical (unpaired) electrons. The lowest BCUT2D eigenvalue weighted by molar-refractivity contribution is 0.0951. The normalized spacial score (nSPS) is 10.3. The van der Waals surface area contributed by atoms with Gasteiger partial charge in [0, 0.05) is 10.4 Å². The van der Waals surface area contributed by atoms with Crippen molar-refractivity contribution in [1.29, 1.82) is 0 Å². The van der Waals surface area contributed by atoms with Crippen LogP contribution in [0.5, 0.6) is 5.75 Å². The van der Waals surface area contributed by atoms with E-state index >= 15 is 0 Å². The standard InChI is InChI=1S/C15H18N2O2S/c1-3-10-6-7-20-14(10)9-17-15(18)11-4-5-13(19-2)12(16)8-11/h4-8H,3,9,16H2,1-2H3,(H,17,18). The van der Waals surface area contributed by atoms with Gasteiger partial charge in [0.05, 0.1) is 19.3 Å². The van der Waals surface area contributed by atoms with Gasteiger partial charge in [0.15, 0.2) is 0 Å². The molecule has 20 heavy (non-hydrogen) atoms. The number of thiophene rings is 1. The van der Waals surface area contributed by atoms with Crippen molar-refractivity contribution in [3.63, 3.8) is 0 Å². The Morgan fingerprint density at radius 1 is 1.40 bits per heavy atom. The lowest BCUT2D eigenvalue weighted by Crippen LogP contribution is -2.22. The topological polar surface area (TPSA) is 64.3 Å². The van der Waals surface area contributed by atoms with Crippen molar-refractivity contribution in [3.8, 4) is 5.75 Å². The number of ether oxygens (including phenoxy) is 1. The van der Waals surface area contributed by atoms with Crippen LogP contribution in [0.2, 0.25) is 0 Å². The van der Waals surface area contributed by atoms with Crippen LogP contribution in [-0.2, 0) is 13.0 Å². The largest absolute Gasteiger partial charge is 0.495 e. The Kier molecular flexibility index (Phi) is 4.63. The van der Waals surface area contributed by atoms with E-state index in [1.165, 1.54) is 10.4 Å². The quantitative estimate of drug-likeness (QED) is 0.832. The Balaban J connectivity index is 2.03. The fourth-order valence-electron chi connectivity index (χ4n) is 1.98. The molecule has 1 aromatic carbocycles. The minimum absolute atomic E-state index is 0.130. The first-order chi connectivity index (χ1) is 9.65. The molecule has 1 heterocycles. The second-order valence-electron chi connectivity index (χ2n) is 4.36. The molecule has 0 aliphatic rings. The summed E-state index contributed by atoms with van der Waals surface area (Å²) in [6.45, 7) is 2.66. The number of nitrogens with two attached hydrogens (primary N) is 1. The molecule has 0 bridgehead atoms. The molecule has 2 rings (SSSR count). The number of nitrogens with one attached hydrogen (secondary N) is 1. The molecule has 0 saturated heterocycles. The molecule has 2 aromatic rings. The van der Waals surface area contributed by atoms with Gasteiger partial charge in [-0.05, 0) is 41.6 Å². The summed E-state index contributed by atoms with van der Waals surface area (Å²) in [4.78, 5) is 13.3. The molecular weight excluding hydrogens is 272 g/mol. The maximum absolute atomic E-state index is 12.1. The summed E-state index contributed by atoms with van der Waals surface area (Å²) in [5, 5.41) is 4.96. The van der Waals surface area contributed by atoms with Gasteiger partial charge in [0.2, 0.25) is 0 Å². The van der Waals surface area contributed by atoms with Crippen molar-refractivity contribution < 1.29 is 9.53 Å². The summed E-state index contributed by atoms with van der Waals surface area (Å²) in [5.41, 5.74) is 8.09. The summed E-state index contributed by atoms with van der Waals surface area (Å²) in [5.74, 6) is 0.447. The number of carbonyl (C=O) groups excluding carboxylic acids is 1. The number of anilines is 1. The van der Waals surface area contributed by atoms with Crippen molar-refractivity contribution in [2.45, 2.75) is 19.9 Å². The van der Waals surface area contributed by atoms with Crippen molar-refractivity contribution in [1.82, 2.24) is 5.32 Å². The molecule has 0 fully saturated rings. The highest BCUT2D eigenvalue weighted by Crippen LogP contribution is 2.22. The Morgan fingerprint density at radius 3 is 2.85 bits per heavy atom. The number of aryl methyl sites for hydroxylation is 1. The first kappa shape index (κ1) is 14.4. The minimum atomic E-state index is -0.130. The summed E-state index contributed by atoms with van der Waals surface area (Å²) < 4.78 is 5.07. The number of methoxy groups -OCH3 is 1. The second-order valence-corrected chi connectivity index (χ2v) is 5.36. The van der Waals surface area contributed by atoms with E-state index in [1.807, 2.05) is 5.38 Å². The molecule has 5 heteroatoms. The molecule has 3 N–H and O–H groups in total. The Morgan fingerprint density at radius 2 is 2.20 bits per heavy atom. The third-order valence-corrected chi connectivity index (χ3v) is 4.08. The van der Waals surface area contributed by atoms with Gasteiger partial charge in [-0.3, -0.25) is 4.79 Å². The first-order valence-corrected chi connectivity index (χ1v) is 7.30. The van der Waals surface area contributed by atoms with Gasteiger partial charge < -0.3 is 15.8 Å². The van der Waals surface area contributed by atoms with E-state index in [1.54, 1.807) is 36.6 Å². The summed E-state index contributed by atoms with van der Waals surface area (Å²) in [6, 6.07) is 7.13. The van der Waals surface area contributed by atoms with Crippen LogP contribution in [0.25, 0.3) is 0 Å². The summed E-state index contributed by atoms with van der Waals surface area (Å²) in [6.07, 6.45) is 0.976. The fourth-order valence-corrected chi connectivity index (χ4v) is 2.89. The number of rotatable bonds is 5. The molecule has 0 unspecified atom stereocenters. The van der Waals surface area contributed by atoms with Crippen molar-refractivity contribution in [2.24, 2.45) is 0 Å². The smallest absolute Gasteiger partial charge is 0.251 e. The predicted octanol–water partition coefficient (Wildman–Crippen LogP) is 2.83. The highest BCUT2D eigenvalue weighted by atomic mass is 32.1. The summed E-state index contributed by atoms with van der Waals surface area (Å²) >= 11 is 1.66. The van der Waals surface area contributed by atoms with Crippen LogP contribution in [-0.4, -0.2) is 13.0 Å². The van der Waals surface area contributed by atoms with E-state index in [4.69, 9.17) is 10.5 Å². The molecule has 1 aromatic heterocycles. The number of benzene rings is 1. The zero-order chi connectivity index (χ0) is 14.5. The van der Waals surface area contributed by atoms with Crippen LogP contribution in [0.1, 0.15) is 27.7 Å². The Labute approximate surface area is 122 Å². The van der Waals surface area contributed by atoms with E-state index in [0.717, 1.165) is 6.42 Å². The first-order valence-electron chi connectivity index (χ1n) is 6.42. The second kappa shape index (κ2) is 6.43. The van der Waals surface area contributed by atoms with E-state index in [9.17, 15) is 4.79 Å². The molecular formula is C15H18N2O2S. The van der Waals surface area contributed by atoms with Crippen LogP contribution in [0.4, 0.5) is 5.69 Å². The SMILES string of the molecule is CCc1ccsc1CNC(=O)c1ccc(OC)c(N)c1. The van der Waals surface area contributed by atoms with E-state index in [0.29, 0.717) is 23.5 Å². The lowest BCUT2D eigenvalue weighted by Gasteiger charge is -2.08. The lowest BCUT2D eigenvalue weighted by atomic mass is 10.1. The third kappa shape index (κ3) is 3.11. The molecule has 0 aliphatic carbocycles. The molecule has 4 nitrogen and oxygen atoms in total. The van der Waals surface area contributed by atoms with Crippen LogP contribution in [0.3, 0.4) is 0 Å². The highest BCUT2D eigenvalue weighted by molar-refractivity contribution is 7.10. The molecule has 0 aliphatic heterocycles. The maximum Gasteiger partial charge on any atom is 0.251 e. The van der Waals surface area contributed by atoms with Gasteiger partial charge in [-0.1, -0.05) is 6.92 Å². The zero-order valence-corrected chi connectivity index (χ0v) is 12.4. The van der Waals surface area contributed by atoms with E-state index in [-0.39, 0.29) is 5.91 Å². The predicted molar refractivity (Wildman–Crippen MR) is 82.3 cm³/mol. The number of carbonyl (C=O) groups is 1. The van der Waals surface area contributed by atoms with Gasteiger partial charge >= 0.3 is 0 Å². The van der Waals surface area contributed by atoms with Crippen molar-refractivity contribution in [3.05, 3.63) is 45.6 Å². The van der Waals surface area contributed by atoms with Gasteiger partial charge in [0.1, 0.15) is 5.75 Å². The van der Waals surface area contributed by atoms with E-state index in [2.05, 4.69) is 18.3 Å². The van der Waals surface area contributed by atoms with E-state index < -0.39 is 0 Å². The molecule has 0 saturated carbocycles. The van der Waals surface area contributed by atoms with Crippen LogP contribution in [0.15, 0.2) is 29.6 Å². The average Bonchev–Trinajstić information content (AvgIpc) is 2.92. The Bertz CT molecular complexity index is 608. The maximum atomic E-state index is 12.1. The molecule has 106 valence electrons. The number of hydrogen-bond acceptors (Lipinski definition) is 4. The van der Waals surface area contributed by atoms with Crippen LogP contribution < -0.4 is 15.8 Å². The minimum Gasteiger partial charge on any atom is -0.495 e. The monoisotopic (exact) mass is 290 g/mol. The fraction of sp³-hybridized carbons (Fsp3) is 0.267. The molecule has 1 amide bonds. The zero-order valence-electron chi connectivity index (χ0n) is 11.6.